The minimum Gasteiger partial charge on any atom is -0.489 e. The summed E-state index contributed by atoms with van der Waals surface area (Å²) >= 11 is 11.8. The fraction of sp³-hybridized carbons (Fsp3) is 0.125. The van der Waals surface area contributed by atoms with E-state index in [0.29, 0.717) is 23.2 Å². The monoisotopic (exact) mass is 305 g/mol. The fourth-order valence-electron chi connectivity index (χ4n) is 1.61. The van der Waals surface area contributed by atoms with Crippen LogP contribution in [-0.2, 0) is 6.61 Å². The summed E-state index contributed by atoms with van der Waals surface area (Å²) in [4.78, 5) is 0. The van der Waals surface area contributed by atoms with Gasteiger partial charge in [0.25, 0.3) is 0 Å². The number of hydrogen-bond acceptors (Lipinski definition) is 2. The maximum absolute atomic E-state index is 5.96. The third kappa shape index (κ3) is 4.18. The van der Waals surface area contributed by atoms with E-state index in [2.05, 4.69) is 11.8 Å². The van der Waals surface area contributed by atoms with Crippen molar-refractivity contribution in [2.75, 3.05) is 6.54 Å². The van der Waals surface area contributed by atoms with Gasteiger partial charge in [0.05, 0.1) is 16.6 Å². The third-order valence-electron chi connectivity index (χ3n) is 2.56. The van der Waals surface area contributed by atoms with E-state index in [-0.39, 0.29) is 0 Å². The lowest BCUT2D eigenvalue weighted by Gasteiger charge is -2.07. The highest BCUT2D eigenvalue weighted by atomic mass is 35.5. The van der Waals surface area contributed by atoms with E-state index >= 15 is 0 Å². The topological polar surface area (TPSA) is 35.2 Å². The van der Waals surface area contributed by atoms with Crippen molar-refractivity contribution in [1.82, 2.24) is 0 Å². The molecule has 0 bridgehead atoms. The highest BCUT2D eigenvalue weighted by Crippen LogP contribution is 2.23. The van der Waals surface area contributed by atoms with E-state index in [1.54, 1.807) is 12.1 Å². The van der Waals surface area contributed by atoms with Crippen LogP contribution in [0.3, 0.4) is 0 Å². The molecule has 0 saturated heterocycles. The first-order chi connectivity index (χ1) is 9.69. The van der Waals surface area contributed by atoms with E-state index in [1.807, 2.05) is 30.3 Å². The number of benzene rings is 2. The molecule has 0 aliphatic carbocycles. The zero-order chi connectivity index (χ0) is 14.4. The largest absolute Gasteiger partial charge is 0.489 e. The van der Waals surface area contributed by atoms with Crippen molar-refractivity contribution in [1.29, 1.82) is 0 Å². The summed E-state index contributed by atoms with van der Waals surface area (Å²) in [5.41, 5.74) is 7.18. The molecule has 0 saturated carbocycles. The molecule has 0 amide bonds. The maximum Gasteiger partial charge on any atom is 0.121 e. The average molecular weight is 306 g/mol. The average Bonchev–Trinajstić information content (AvgIpc) is 2.47. The van der Waals surface area contributed by atoms with Crippen LogP contribution in [-0.4, -0.2) is 6.54 Å². The Morgan fingerprint density at radius 1 is 1.05 bits per heavy atom. The molecule has 2 rings (SSSR count). The molecule has 0 spiro atoms. The highest BCUT2D eigenvalue weighted by molar-refractivity contribution is 6.42. The molecule has 0 aliphatic heterocycles. The van der Waals surface area contributed by atoms with Gasteiger partial charge < -0.3 is 10.5 Å². The SMILES string of the molecule is NCC#Cc1cccc(OCc2ccc(Cl)c(Cl)c2)c1. The molecular weight excluding hydrogens is 293 g/mol. The summed E-state index contributed by atoms with van der Waals surface area (Å²) in [5.74, 6) is 6.53. The molecule has 0 aliphatic rings. The van der Waals surface area contributed by atoms with Crippen molar-refractivity contribution in [3.8, 4) is 17.6 Å². The fourth-order valence-corrected chi connectivity index (χ4v) is 1.93. The predicted molar refractivity (Wildman–Crippen MR) is 83.2 cm³/mol. The summed E-state index contributed by atoms with van der Waals surface area (Å²) in [6.07, 6.45) is 0. The van der Waals surface area contributed by atoms with E-state index in [9.17, 15) is 0 Å². The van der Waals surface area contributed by atoms with Crippen molar-refractivity contribution >= 4 is 23.2 Å². The van der Waals surface area contributed by atoms with E-state index in [1.165, 1.54) is 0 Å². The number of rotatable bonds is 3. The van der Waals surface area contributed by atoms with Crippen molar-refractivity contribution in [2.45, 2.75) is 6.61 Å². The molecule has 102 valence electrons. The minimum atomic E-state index is 0.342. The number of halogens is 2. The second-order valence-corrected chi connectivity index (χ2v) is 4.89. The molecule has 0 atom stereocenters. The molecule has 0 unspecified atom stereocenters. The second kappa shape index (κ2) is 7.21. The van der Waals surface area contributed by atoms with Crippen LogP contribution in [0.5, 0.6) is 5.75 Å². The Hall–Kier alpha value is -1.66. The second-order valence-electron chi connectivity index (χ2n) is 4.07. The van der Waals surface area contributed by atoms with Gasteiger partial charge in [0, 0.05) is 5.56 Å². The molecule has 0 heterocycles. The van der Waals surface area contributed by atoms with Gasteiger partial charge in [-0.25, -0.2) is 0 Å². The lowest BCUT2D eigenvalue weighted by Crippen LogP contribution is -1.96. The molecule has 2 N–H and O–H groups in total. The molecule has 2 aromatic carbocycles. The Kier molecular flexibility index (Phi) is 5.31. The molecule has 20 heavy (non-hydrogen) atoms. The summed E-state index contributed by atoms with van der Waals surface area (Å²) < 4.78 is 5.71. The lowest BCUT2D eigenvalue weighted by atomic mass is 10.2. The van der Waals surface area contributed by atoms with Gasteiger partial charge in [0.15, 0.2) is 0 Å². The third-order valence-corrected chi connectivity index (χ3v) is 3.30. The van der Waals surface area contributed by atoms with E-state index in [0.717, 1.165) is 16.9 Å². The Morgan fingerprint density at radius 2 is 1.90 bits per heavy atom. The van der Waals surface area contributed by atoms with Gasteiger partial charge in [0.2, 0.25) is 0 Å². The molecule has 2 aromatic rings. The van der Waals surface area contributed by atoms with Crippen molar-refractivity contribution < 1.29 is 4.74 Å². The van der Waals surface area contributed by atoms with Crippen molar-refractivity contribution in [3.63, 3.8) is 0 Å². The van der Waals surface area contributed by atoms with Gasteiger partial charge in [-0.15, -0.1) is 0 Å². The first kappa shape index (κ1) is 14.7. The summed E-state index contributed by atoms with van der Waals surface area (Å²) in [6, 6.07) is 13.0. The zero-order valence-electron chi connectivity index (χ0n) is 10.7. The van der Waals surface area contributed by atoms with Crippen LogP contribution < -0.4 is 10.5 Å². The van der Waals surface area contributed by atoms with E-state index in [4.69, 9.17) is 33.7 Å². The van der Waals surface area contributed by atoms with E-state index < -0.39 is 0 Å². The standard InChI is InChI=1S/C16H13Cl2NO/c17-15-7-6-13(10-16(15)18)11-20-14-5-1-3-12(9-14)4-2-8-19/h1,3,5-7,9-10H,8,11,19H2. The number of hydrogen-bond donors (Lipinski definition) is 1. The predicted octanol–water partition coefficient (Wildman–Crippen LogP) is 3.88. The molecule has 2 nitrogen and oxygen atoms in total. The quantitative estimate of drug-likeness (QED) is 0.873. The van der Waals surface area contributed by atoms with Crippen LogP contribution in [0, 0.1) is 11.8 Å². The zero-order valence-corrected chi connectivity index (χ0v) is 12.2. The normalized spacial score (nSPS) is 9.75. The van der Waals surface area contributed by atoms with Crippen LogP contribution in [0.1, 0.15) is 11.1 Å². The van der Waals surface area contributed by atoms with Gasteiger partial charge in [-0.3, -0.25) is 0 Å². The summed E-state index contributed by atoms with van der Waals surface area (Å²) in [6.45, 7) is 0.763. The van der Waals surface area contributed by atoms with Crippen LogP contribution in [0.4, 0.5) is 0 Å². The first-order valence-corrected chi connectivity index (χ1v) is 6.80. The Balaban J connectivity index is 2.05. The molecule has 0 fully saturated rings. The van der Waals surface area contributed by atoms with Gasteiger partial charge in [-0.2, -0.15) is 0 Å². The molecule has 0 aromatic heterocycles. The Labute approximate surface area is 128 Å². The summed E-state index contributed by atoms with van der Waals surface area (Å²) in [5, 5.41) is 1.06. The molecular formula is C16H13Cl2NO. The van der Waals surface area contributed by atoms with Gasteiger partial charge >= 0.3 is 0 Å². The van der Waals surface area contributed by atoms with Crippen LogP contribution in [0.2, 0.25) is 10.0 Å². The van der Waals surface area contributed by atoms with Gasteiger partial charge in [0.1, 0.15) is 12.4 Å². The lowest BCUT2D eigenvalue weighted by molar-refractivity contribution is 0.306. The summed E-state index contributed by atoms with van der Waals surface area (Å²) in [7, 11) is 0. The minimum absolute atomic E-state index is 0.342. The number of ether oxygens (including phenoxy) is 1. The van der Waals surface area contributed by atoms with Crippen molar-refractivity contribution in [3.05, 3.63) is 63.6 Å². The number of nitrogens with two attached hydrogens (primary N) is 1. The van der Waals surface area contributed by atoms with Crippen LogP contribution in [0.25, 0.3) is 0 Å². The van der Waals surface area contributed by atoms with Gasteiger partial charge in [-0.05, 0) is 35.9 Å². The Bertz CT molecular complexity index is 659. The molecule has 0 radical (unpaired) electrons. The van der Waals surface area contributed by atoms with Crippen LogP contribution in [0.15, 0.2) is 42.5 Å². The Morgan fingerprint density at radius 3 is 2.65 bits per heavy atom. The first-order valence-electron chi connectivity index (χ1n) is 6.05. The van der Waals surface area contributed by atoms with Gasteiger partial charge in [-0.1, -0.05) is 47.2 Å². The highest BCUT2D eigenvalue weighted by Gasteiger charge is 2.01. The van der Waals surface area contributed by atoms with Crippen LogP contribution >= 0.6 is 23.2 Å². The van der Waals surface area contributed by atoms with Crippen molar-refractivity contribution in [2.24, 2.45) is 5.73 Å². The smallest absolute Gasteiger partial charge is 0.121 e. The maximum atomic E-state index is 5.96. The molecule has 4 heteroatoms.